The molecule has 1 aromatic heterocycles. The van der Waals surface area contributed by atoms with Gasteiger partial charge in [-0.15, -0.1) is 11.8 Å². The maximum absolute atomic E-state index is 12.9. The van der Waals surface area contributed by atoms with E-state index in [0.717, 1.165) is 11.8 Å². The highest BCUT2D eigenvalue weighted by molar-refractivity contribution is 9.10. The summed E-state index contributed by atoms with van der Waals surface area (Å²) >= 11 is 10.5. The Morgan fingerprint density at radius 3 is 2.57 bits per heavy atom. The zero-order valence-electron chi connectivity index (χ0n) is 15.8. The number of aromatic nitrogens is 1. The Morgan fingerprint density at radius 2 is 2.00 bits per heavy atom. The lowest BCUT2D eigenvalue weighted by atomic mass is 10.1. The molecule has 0 aliphatic carbocycles. The second-order valence-electron chi connectivity index (χ2n) is 6.01. The largest absolute Gasteiger partial charge is 0.446 e. The van der Waals surface area contributed by atoms with Crippen LogP contribution in [0.25, 0.3) is 10.9 Å². The van der Waals surface area contributed by atoms with Crippen LogP contribution in [0.4, 0.5) is 13.2 Å². The number of thioether (sulfide) groups is 2. The lowest BCUT2D eigenvalue weighted by molar-refractivity contribution is -0.0321. The van der Waals surface area contributed by atoms with Gasteiger partial charge in [0.25, 0.3) is 0 Å². The summed E-state index contributed by atoms with van der Waals surface area (Å²) < 4.78 is 38.2. The first-order valence-electron chi connectivity index (χ1n) is 8.40. The van der Waals surface area contributed by atoms with E-state index < -0.39 is 16.7 Å². The van der Waals surface area contributed by atoms with Gasteiger partial charge in [-0.2, -0.15) is 13.2 Å². The van der Waals surface area contributed by atoms with E-state index in [9.17, 15) is 22.8 Å². The molecule has 2 aromatic rings. The number of fused-ring (bicyclic) bond motifs is 1. The van der Waals surface area contributed by atoms with Gasteiger partial charge < -0.3 is 4.98 Å². The molecule has 3 nitrogen and oxygen atoms in total. The van der Waals surface area contributed by atoms with Gasteiger partial charge in [0.2, 0.25) is 5.43 Å². The number of halogens is 5. The molecule has 0 atom stereocenters. The van der Waals surface area contributed by atoms with Crippen LogP contribution in [-0.4, -0.2) is 22.0 Å². The van der Waals surface area contributed by atoms with Crippen LogP contribution in [0.5, 0.6) is 0 Å². The Hall–Kier alpha value is -1.42. The SMILES string of the molecule is C=C(/C=C\C(=C/C)SC(F)(F)F)CSc1[nH]c2c(Br)ccc(Cl)c2c(=O)c1C(C)=O. The zero-order valence-corrected chi connectivity index (χ0v) is 19.8. The molecule has 0 spiro atoms. The molecule has 1 aromatic carbocycles. The number of carbonyl (C=O) groups excluding carboxylic acids is 1. The van der Waals surface area contributed by atoms with E-state index in [4.69, 9.17) is 11.6 Å². The summed E-state index contributed by atoms with van der Waals surface area (Å²) in [4.78, 5) is 28.1. The number of allylic oxidation sites excluding steroid dienone is 3. The lowest BCUT2D eigenvalue weighted by Gasteiger charge is -2.11. The summed E-state index contributed by atoms with van der Waals surface area (Å²) in [6.45, 7) is 6.63. The smallest absolute Gasteiger partial charge is 0.348 e. The number of aromatic amines is 1. The normalized spacial score (nSPS) is 12.7. The number of nitrogens with one attached hydrogen (secondary N) is 1. The Morgan fingerprint density at radius 1 is 1.33 bits per heavy atom. The molecule has 0 saturated carbocycles. The third-order valence-corrected chi connectivity index (χ3v) is 6.70. The number of alkyl halides is 3. The van der Waals surface area contributed by atoms with Crippen LogP contribution in [0.15, 0.2) is 61.7 Å². The van der Waals surface area contributed by atoms with E-state index in [1.807, 2.05) is 0 Å². The predicted molar refractivity (Wildman–Crippen MR) is 124 cm³/mol. The summed E-state index contributed by atoms with van der Waals surface area (Å²) in [5, 5.41) is 0.775. The van der Waals surface area contributed by atoms with Crippen molar-refractivity contribution in [2.75, 3.05) is 5.75 Å². The van der Waals surface area contributed by atoms with Crippen LogP contribution in [0, 0.1) is 0 Å². The van der Waals surface area contributed by atoms with Crippen molar-refractivity contribution in [3.8, 4) is 0 Å². The van der Waals surface area contributed by atoms with E-state index in [2.05, 4.69) is 27.5 Å². The molecule has 10 heteroatoms. The van der Waals surface area contributed by atoms with Gasteiger partial charge in [-0.3, -0.25) is 9.59 Å². The van der Waals surface area contributed by atoms with Crippen molar-refractivity contribution in [3.05, 3.63) is 72.7 Å². The fourth-order valence-corrected chi connectivity index (χ4v) is 4.64. The first kappa shape index (κ1) is 24.8. The maximum atomic E-state index is 12.9. The number of hydrogen-bond donors (Lipinski definition) is 1. The first-order valence-corrected chi connectivity index (χ1v) is 11.4. The van der Waals surface area contributed by atoms with E-state index in [1.54, 1.807) is 12.1 Å². The highest BCUT2D eigenvalue weighted by atomic mass is 79.9. The first-order chi connectivity index (χ1) is 13.9. The topological polar surface area (TPSA) is 49.9 Å². The zero-order chi connectivity index (χ0) is 22.6. The number of Topliss-reactive ketones (excluding diaryl/α,β-unsaturated/α-hetero) is 1. The second kappa shape index (κ2) is 10.3. The summed E-state index contributed by atoms with van der Waals surface area (Å²) in [6, 6.07) is 3.24. The molecule has 0 saturated heterocycles. The van der Waals surface area contributed by atoms with Crippen molar-refractivity contribution in [1.29, 1.82) is 0 Å². The van der Waals surface area contributed by atoms with Gasteiger partial charge in [-0.25, -0.2) is 0 Å². The molecule has 30 heavy (non-hydrogen) atoms. The fraction of sp³-hybridized carbons (Fsp3) is 0.200. The molecule has 0 bridgehead atoms. The molecule has 160 valence electrons. The molecule has 0 unspecified atom stereocenters. The lowest BCUT2D eigenvalue weighted by Crippen LogP contribution is -2.17. The minimum absolute atomic E-state index is 0.0222. The molecule has 2 rings (SSSR count). The van der Waals surface area contributed by atoms with Crippen LogP contribution in [0.1, 0.15) is 24.2 Å². The molecule has 0 amide bonds. The summed E-state index contributed by atoms with van der Waals surface area (Å²) in [6.07, 6.45) is 4.15. The van der Waals surface area contributed by atoms with Crippen LogP contribution in [-0.2, 0) is 0 Å². The standard InChI is InChI=1S/C20H16BrClF3NO2S2/c1-4-12(30-20(23,24)25)6-5-10(2)9-29-19-15(11(3)27)18(28)16-14(22)8-7-13(21)17(16)26-19/h4-8H,2,9H2,1,3H3,(H,26,28)/b6-5-,12-4+. The monoisotopic (exact) mass is 537 g/mol. The van der Waals surface area contributed by atoms with Crippen molar-refractivity contribution in [2.45, 2.75) is 24.4 Å². The summed E-state index contributed by atoms with van der Waals surface area (Å²) in [5.41, 5.74) is -3.91. The summed E-state index contributed by atoms with van der Waals surface area (Å²) in [5.74, 6) is -0.167. The van der Waals surface area contributed by atoms with E-state index >= 15 is 0 Å². The van der Waals surface area contributed by atoms with Crippen LogP contribution in [0.2, 0.25) is 5.02 Å². The van der Waals surface area contributed by atoms with Crippen molar-refractivity contribution < 1.29 is 18.0 Å². The van der Waals surface area contributed by atoms with Gasteiger partial charge >= 0.3 is 5.51 Å². The van der Waals surface area contributed by atoms with Gasteiger partial charge in [0.15, 0.2) is 5.78 Å². The van der Waals surface area contributed by atoms with E-state index in [1.165, 1.54) is 32.1 Å². The molecular weight excluding hydrogens is 523 g/mol. The van der Waals surface area contributed by atoms with Gasteiger partial charge in [0.05, 0.1) is 26.5 Å². The predicted octanol–water partition coefficient (Wildman–Crippen LogP) is 7.51. The average Bonchev–Trinajstić information content (AvgIpc) is 2.64. The fourth-order valence-electron chi connectivity index (χ4n) is 2.46. The van der Waals surface area contributed by atoms with Gasteiger partial charge in [0.1, 0.15) is 0 Å². The van der Waals surface area contributed by atoms with Crippen molar-refractivity contribution in [1.82, 2.24) is 4.98 Å². The number of hydrogen-bond acceptors (Lipinski definition) is 4. The Balaban J connectivity index is 2.31. The van der Waals surface area contributed by atoms with Crippen molar-refractivity contribution in [3.63, 3.8) is 0 Å². The molecule has 0 fully saturated rings. The number of rotatable bonds is 7. The quantitative estimate of drug-likeness (QED) is 0.225. The number of pyridine rings is 1. The Kier molecular flexibility index (Phi) is 8.50. The van der Waals surface area contributed by atoms with E-state index in [-0.39, 0.29) is 38.4 Å². The number of ketones is 1. The Labute approximate surface area is 193 Å². The third kappa shape index (κ3) is 6.29. The maximum Gasteiger partial charge on any atom is 0.446 e. The molecule has 0 radical (unpaired) electrons. The van der Waals surface area contributed by atoms with Gasteiger partial charge in [-0.1, -0.05) is 30.3 Å². The molecular formula is C20H16BrClF3NO2S2. The Bertz CT molecular complexity index is 1120. The van der Waals surface area contributed by atoms with Crippen LogP contribution >= 0.6 is 51.1 Å². The van der Waals surface area contributed by atoms with E-state index in [0.29, 0.717) is 20.6 Å². The van der Waals surface area contributed by atoms with Crippen molar-refractivity contribution in [2.24, 2.45) is 0 Å². The highest BCUT2D eigenvalue weighted by Crippen LogP contribution is 2.37. The van der Waals surface area contributed by atoms with Crippen LogP contribution in [0.3, 0.4) is 0 Å². The summed E-state index contributed by atoms with van der Waals surface area (Å²) in [7, 11) is 0. The number of H-pyrrole nitrogens is 1. The van der Waals surface area contributed by atoms with Gasteiger partial charge in [0, 0.05) is 15.1 Å². The van der Waals surface area contributed by atoms with Crippen molar-refractivity contribution >= 4 is 67.7 Å². The minimum Gasteiger partial charge on any atom is -0.348 e. The molecule has 1 N–H and O–H groups in total. The van der Waals surface area contributed by atoms with Crippen LogP contribution < -0.4 is 5.43 Å². The number of benzene rings is 1. The molecule has 1 heterocycles. The molecule has 0 aliphatic rings. The number of carbonyl (C=O) groups is 1. The average molecular weight is 539 g/mol. The minimum atomic E-state index is -4.38. The second-order valence-corrected chi connectivity index (χ2v) is 9.40. The third-order valence-electron chi connectivity index (χ3n) is 3.78. The van der Waals surface area contributed by atoms with Gasteiger partial charge in [-0.05, 0) is 65.3 Å². The highest BCUT2D eigenvalue weighted by Gasteiger charge is 2.29. The molecule has 0 aliphatic heterocycles.